The van der Waals surface area contributed by atoms with Crippen LogP contribution in [0, 0.1) is 0 Å². The lowest BCUT2D eigenvalue weighted by molar-refractivity contribution is -0.0742. The first-order chi connectivity index (χ1) is 7.35. The second-order valence-electron chi connectivity index (χ2n) is 4.39. The first-order valence-electron chi connectivity index (χ1n) is 5.66. The van der Waals surface area contributed by atoms with E-state index in [0.717, 1.165) is 13.2 Å². The average Bonchev–Trinajstić information content (AvgIpc) is 2.72. The molecule has 2 aliphatic heterocycles. The SMILES string of the molecule is COCC(NN)C1CN2CCCC2CO1. The number of hydrogen-bond donors (Lipinski definition) is 2. The summed E-state index contributed by atoms with van der Waals surface area (Å²) in [6.45, 7) is 3.62. The fourth-order valence-corrected chi connectivity index (χ4v) is 2.53. The molecule has 0 saturated carbocycles. The molecule has 15 heavy (non-hydrogen) atoms. The Kier molecular flexibility index (Phi) is 3.93. The van der Waals surface area contributed by atoms with Crippen molar-refractivity contribution in [1.82, 2.24) is 10.3 Å². The monoisotopic (exact) mass is 215 g/mol. The van der Waals surface area contributed by atoms with E-state index in [2.05, 4.69) is 10.3 Å². The highest BCUT2D eigenvalue weighted by Crippen LogP contribution is 2.23. The van der Waals surface area contributed by atoms with E-state index in [9.17, 15) is 0 Å². The summed E-state index contributed by atoms with van der Waals surface area (Å²) >= 11 is 0. The molecule has 0 bridgehead atoms. The Morgan fingerprint density at radius 3 is 3.27 bits per heavy atom. The third kappa shape index (κ3) is 2.49. The van der Waals surface area contributed by atoms with Gasteiger partial charge in [0.2, 0.25) is 0 Å². The van der Waals surface area contributed by atoms with Crippen LogP contribution in [-0.2, 0) is 9.47 Å². The zero-order chi connectivity index (χ0) is 10.7. The molecule has 0 spiro atoms. The zero-order valence-electron chi connectivity index (χ0n) is 9.32. The van der Waals surface area contributed by atoms with E-state index >= 15 is 0 Å². The summed E-state index contributed by atoms with van der Waals surface area (Å²) in [4.78, 5) is 2.51. The highest BCUT2D eigenvalue weighted by molar-refractivity contribution is 4.89. The van der Waals surface area contributed by atoms with Crippen molar-refractivity contribution in [2.24, 2.45) is 5.84 Å². The van der Waals surface area contributed by atoms with E-state index in [1.807, 2.05) is 0 Å². The highest BCUT2D eigenvalue weighted by atomic mass is 16.5. The third-order valence-corrected chi connectivity index (χ3v) is 3.43. The van der Waals surface area contributed by atoms with Gasteiger partial charge in [0.05, 0.1) is 25.4 Å². The standard InChI is InChI=1S/C10H21N3O2/c1-14-7-9(12-11)10-5-13-4-2-3-8(13)6-15-10/h8-10,12H,2-7,11H2,1H3. The first kappa shape index (κ1) is 11.3. The lowest BCUT2D eigenvalue weighted by atomic mass is 10.1. The third-order valence-electron chi connectivity index (χ3n) is 3.43. The summed E-state index contributed by atoms with van der Waals surface area (Å²) in [7, 11) is 1.69. The summed E-state index contributed by atoms with van der Waals surface area (Å²) < 4.78 is 11.0. The van der Waals surface area contributed by atoms with Crippen LogP contribution in [0.5, 0.6) is 0 Å². The number of hydrazine groups is 1. The topological polar surface area (TPSA) is 59.8 Å². The van der Waals surface area contributed by atoms with Crippen LogP contribution in [0.1, 0.15) is 12.8 Å². The Morgan fingerprint density at radius 2 is 2.53 bits per heavy atom. The van der Waals surface area contributed by atoms with E-state index in [1.54, 1.807) is 7.11 Å². The summed E-state index contributed by atoms with van der Waals surface area (Å²) in [5.74, 6) is 5.50. The smallest absolute Gasteiger partial charge is 0.0891 e. The molecular weight excluding hydrogens is 194 g/mol. The molecule has 2 heterocycles. The minimum absolute atomic E-state index is 0.0940. The Labute approximate surface area is 90.9 Å². The lowest BCUT2D eigenvalue weighted by Gasteiger charge is -2.38. The maximum Gasteiger partial charge on any atom is 0.0891 e. The molecule has 0 aromatic heterocycles. The molecule has 2 rings (SSSR count). The minimum Gasteiger partial charge on any atom is -0.383 e. The van der Waals surface area contributed by atoms with E-state index < -0.39 is 0 Å². The van der Waals surface area contributed by atoms with Crippen molar-refractivity contribution >= 4 is 0 Å². The van der Waals surface area contributed by atoms with Gasteiger partial charge in [0.25, 0.3) is 0 Å². The molecule has 2 fully saturated rings. The maximum atomic E-state index is 5.83. The Hall–Kier alpha value is -0.200. The normalized spacial score (nSPS) is 34.0. The van der Waals surface area contributed by atoms with E-state index in [0.29, 0.717) is 12.6 Å². The fourth-order valence-electron chi connectivity index (χ4n) is 2.53. The Morgan fingerprint density at radius 1 is 1.67 bits per heavy atom. The summed E-state index contributed by atoms with van der Waals surface area (Å²) in [6, 6.07) is 0.735. The van der Waals surface area contributed by atoms with Crippen molar-refractivity contribution in [3.63, 3.8) is 0 Å². The molecule has 0 aromatic rings. The quantitative estimate of drug-likeness (QED) is 0.481. The van der Waals surface area contributed by atoms with E-state index in [-0.39, 0.29) is 12.1 Å². The number of methoxy groups -OCH3 is 1. The largest absolute Gasteiger partial charge is 0.383 e. The van der Waals surface area contributed by atoms with Crippen molar-refractivity contribution in [2.75, 3.05) is 33.4 Å². The molecule has 88 valence electrons. The number of nitrogens with one attached hydrogen (secondary N) is 1. The molecule has 0 aromatic carbocycles. The van der Waals surface area contributed by atoms with Crippen molar-refractivity contribution < 1.29 is 9.47 Å². The maximum absolute atomic E-state index is 5.83. The van der Waals surface area contributed by atoms with Crippen LogP contribution in [0.2, 0.25) is 0 Å². The summed E-state index contributed by atoms with van der Waals surface area (Å²) in [6.07, 6.45) is 2.73. The van der Waals surface area contributed by atoms with Crippen molar-refractivity contribution in [1.29, 1.82) is 0 Å². The number of fused-ring (bicyclic) bond motifs is 1. The van der Waals surface area contributed by atoms with Gasteiger partial charge in [-0.2, -0.15) is 0 Å². The Balaban J connectivity index is 1.87. The second-order valence-corrected chi connectivity index (χ2v) is 4.39. The molecule has 5 heteroatoms. The van der Waals surface area contributed by atoms with E-state index in [4.69, 9.17) is 15.3 Å². The molecular formula is C10H21N3O2. The predicted molar refractivity (Wildman–Crippen MR) is 57.3 cm³/mol. The van der Waals surface area contributed by atoms with Crippen LogP contribution < -0.4 is 11.3 Å². The summed E-state index contributed by atoms with van der Waals surface area (Å²) in [5.41, 5.74) is 2.78. The first-order valence-corrected chi connectivity index (χ1v) is 5.66. The molecule has 2 aliphatic rings. The number of rotatable bonds is 4. The van der Waals surface area contributed by atoms with Gasteiger partial charge in [0.15, 0.2) is 0 Å². The predicted octanol–water partition coefficient (Wildman–Crippen LogP) is -0.672. The summed E-state index contributed by atoms with van der Waals surface area (Å²) in [5, 5.41) is 0. The Bertz CT molecular complexity index is 203. The van der Waals surface area contributed by atoms with Gasteiger partial charge in [-0.15, -0.1) is 0 Å². The molecule has 5 nitrogen and oxygen atoms in total. The van der Waals surface area contributed by atoms with Gasteiger partial charge in [-0.3, -0.25) is 16.2 Å². The zero-order valence-corrected chi connectivity index (χ0v) is 9.32. The number of nitrogens with two attached hydrogens (primary N) is 1. The number of nitrogens with zero attached hydrogens (tertiary/aromatic N) is 1. The van der Waals surface area contributed by atoms with Gasteiger partial charge in [0, 0.05) is 19.7 Å². The van der Waals surface area contributed by atoms with Crippen LogP contribution in [0.3, 0.4) is 0 Å². The molecule has 3 unspecified atom stereocenters. The number of hydrogen-bond acceptors (Lipinski definition) is 5. The number of morpholine rings is 1. The van der Waals surface area contributed by atoms with Crippen LogP contribution in [-0.4, -0.2) is 56.5 Å². The van der Waals surface area contributed by atoms with Gasteiger partial charge in [0.1, 0.15) is 0 Å². The molecule has 0 radical (unpaired) electrons. The number of ether oxygens (including phenoxy) is 2. The molecule has 0 aliphatic carbocycles. The lowest BCUT2D eigenvalue weighted by Crippen LogP contribution is -2.57. The average molecular weight is 215 g/mol. The van der Waals surface area contributed by atoms with Crippen LogP contribution in [0.15, 0.2) is 0 Å². The molecule has 3 atom stereocenters. The van der Waals surface area contributed by atoms with Gasteiger partial charge in [-0.05, 0) is 19.4 Å². The molecule has 3 N–H and O–H groups in total. The molecule has 2 saturated heterocycles. The fraction of sp³-hybridized carbons (Fsp3) is 1.00. The molecule has 0 amide bonds. The van der Waals surface area contributed by atoms with Gasteiger partial charge in [-0.1, -0.05) is 0 Å². The minimum atomic E-state index is 0.0940. The van der Waals surface area contributed by atoms with Crippen molar-refractivity contribution in [2.45, 2.75) is 31.0 Å². The van der Waals surface area contributed by atoms with Crippen LogP contribution in [0.25, 0.3) is 0 Å². The van der Waals surface area contributed by atoms with E-state index in [1.165, 1.54) is 19.4 Å². The highest BCUT2D eigenvalue weighted by Gasteiger charge is 2.35. The van der Waals surface area contributed by atoms with Crippen LogP contribution in [0.4, 0.5) is 0 Å². The van der Waals surface area contributed by atoms with Gasteiger partial charge >= 0.3 is 0 Å². The second kappa shape index (κ2) is 5.23. The van der Waals surface area contributed by atoms with Crippen molar-refractivity contribution in [3.8, 4) is 0 Å². The van der Waals surface area contributed by atoms with Crippen molar-refractivity contribution in [3.05, 3.63) is 0 Å². The van der Waals surface area contributed by atoms with Gasteiger partial charge in [-0.25, -0.2) is 0 Å². The van der Waals surface area contributed by atoms with Crippen LogP contribution >= 0.6 is 0 Å². The van der Waals surface area contributed by atoms with Gasteiger partial charge < -0.3 is 9.47 Å².